The van der Waals surface area contributed by atoms with Crippen LogP contribution in [0.4, 0.5) is 5.69 Å². The van der Waals surface area contributed by atoms with Gasteiger partial charge in [0.2, 0.25) is 5.91 Å². The van der Waals surface area contributed by atoms with Crippen molar-refractivity contribution in [3.8, 4) is 0 Å². The highest BCUT2D eigenvalue weighted by molar-refractivity contribution is 7.98. The van der Waals surface area contributed by atoms with Crippen LogP contribution < -0.4 is 10.9 Å². The smallest absolute Gasteiger partial charge is 0.287 e. The third-order valence-electron chi connectivity index (χ3n) is 3.70. The summed E-state index contributed by atoms with van der Waals surface area (Å²) in [5.41, 5.74) is 1.33. The molecule has 0 aliphatic heterocycles. The van der Waals surface area contributed by atoms with E-state index in [9.17, 15) is 9.59 Å². The molecule has 26 heavy (non-hydrogen) atoms. The molecule has 3 rings (SSSR count). The van der Waals surface area contributed by atoms with Crippen LogP contribution in [-0.2, 0) is 10.5 Å². The topological polar surface area (TPSA) is 76.6 Å². The molecule has 3 aromatic rings. The van der Waals surface area contributed by atoms with Crippen molar-refractivity contribution in [2.24, 2.45) is 5.41 Å². The molecule has 0 bridgehead atoms. The number of fused-ring (bicyclic) bond motifs is 1. The van der Waals surface area contributed by atoms with Crippen LogP contribution in [0.5, 0.6) is 0 Å². The lowest BCUT2D eigenvalue weighted by atomic mass is 9.95. The molecule has 7 heteroatoms. The molecule has 6 nitrogen and oxygen atoms in total. The van der Waals surface area contributed by atoms with Crippen LogP contribution in [-0.4, -0.2) is 15.5 Å². The number of hydrogen-bond donors (Lipinski definition) is 1. The lowest BCUT2D eigenvalue weighted by Crippen LogP contribution is -2.27. The van der Waals surface area contributed by atoms with Gasteiger partial charge in [-0.1, -0.05) is 20.8 Å². The first-order valence-corrected chi connectivity index (χ1v) is 9.25. The van der Waals surface area contributed by atoms with Crippen LogP contribution in [0, 0.1) is 12.3 Å². The number of rotatable bonds is 4. The maximum atomic E-state index is 12.0. The number of anilines is 1. The molecular formula is C19H21N3O3S. The third-order valence-corrected chi connectivity index (χ3v) is 4.75. The molecule has 2 heterocycles. The average Bonchev–Trinajstić information content (AvgIpc) is 2.94. The standard InChI is InChI=1S/C19H21N3O3S/c1-12-9-16-20-14(10-17(23)22(16)25-12)11-26-15-7-5-13(6-8-15)21-18(24)19(2,3)4/h5-10H,11H2,1-4H3,(H,21,24). The molecule has 0 aliphatic rings. The average molecular weight is 371 g/mol. The summed E-state index contributed by atoms with van der Waals surface area (Å²) in [4.78, 5) is 29.5. The Morgan fingerprint density at radius 1 is 1.23 bits per heavy atom. The molecule has 1 amide bonds. The van der Waals surface area contributed by atoms with E-state index >= 15 is 0 Å². The molecule has 0 saturated carbocycles. The van der Waals surface area contributed by atoms with Crippen LogP contribution in [0.2, 0.25) is 0 Å². The number of benzene rings is 1. The van der Waals surface area contributed by atoms with Gasteiger partial charge in [-0.2, -0.15) is 0 Å². The monoisotopic (exact) mass is 371 g/mol. The fourth-order valence-corrected chi connectivity index (χ4v) is 3.05. The van der Waals surface area contributed by atoms with E-state index in [-0.39, 0.29) is 11.5 Å². The molecule has 0 radical (unpaired) electrons. The Bertz CT molecular complexity index is 998. The van der Waals surface area contributed by atoms with Gasteiger partial charge in [0.1, 0.15) is 5.76 Å². The Labute approximate surface area is 155 Å². The first-order valence-electron chi connectivity index (χ1n) is 8.26. The number of aromatic nitrogens is 2. The molecule has 0 spiro atoms. The Balaban J connectivity index is 1.67. The summed E-state index contributed by atoms with van der Waals surface area (Å²) in [6.45, 7) is 7.41. The Morgan fingerprint density at radius 3 is 2.58 bits per heavy atom. The summed E-state index contributed by atoms with van der Waals surface area (Å²) >= 11 is 1.58. The van der Waals surface area contributed by atoms with Crippen LogP contribution in [0.15, 0.2) is 50.6 Å². The maximum absolute atomic E-state index is 12.0. The van der Waals surface area contributed by atoms with E-state index in [4.69, 9.17) is 4.52 Å². The minimum Gasteiger partial charge on any atom is -0.375 e. The van der Waals surface area contributed by atoms with Crippen molar-refractivity contribution in [2.75, 3.05) is 5.32 Å². The van der Waals surface area contributed by atoms with Crippen LogP contribution in [0.3, 0.4) is 0 Å². The van der Waals surface area contributed by atoms with Crippen molar-refractivity contribution in [2.45, 2.75) is 38.3 Å². The zero-order valence-corrected chi connectivity index (χ0v) is 16.0. The molecule has 0 saturated heterocycles. The zero-order chi connectivity index (χ0) is 18.9. The molecule has 1 N–H and O–H groups in total. The largest absolute Gasteiger partial charge is 0.375 e. The second kappa shape index (κ2) is 6.99. The first kappa shape index (κ1) is 18.3. The zero-order valence-electron chi connectivity index (χ0n) is 15.2. The molecule has 0 fully saturated rings. The number of nitrogens with one attached hydrogen (secondary N) is 1. The summed E-state index contributed by atoms with van der Waals surface area (Å²) in [7, 11) is 0. The number of hydrogen-bond acceptors (Lipinski definition) is 5. The van der Waals surface area contributed by atoms with Gasteiger partial charge in [0.15, 0.2) is 5.65 Å². The van der Waals surface area contributed by atoms with E-state index in [0.29, 0.717) is 22.9 Å². The molecule has 2 aromatic heterocycles. The van der Waals surface area contributed by atoms with E-state index < -0.39 is 5.41 Å². The fourth-order valence-electron chi connectivity index (χ4n) is 2.26. The minimum absolute atomic E-state index is 0.0220. The molecule has 136 valence electrons. The van der Waals surface area contributed by atoms with Crippen molar-refractivity contribution in [1.29, 1.82) is 0 Å². The number of nitrogens with zero attached hydrogens (tertiary/aromatic N) is 2. The number of thioether (sulfide) groups is 1. The van der Waals surface area contributed by atoms with Crippen molar-refractivity contribution in [1.82, 2.24) is 9.56 Å². The number of carbonyl (C=O) groups excluding carboxylic acids is 1. The number of amides is 1. The van der Waals surface area contributed by atoms with Gasteiger partial charge in [-0.25, -0.2) is 4.98 Å². The van der Waals surface area contributed by atoms with Gasteiger partial charge in [0, 0.05) is 33.9 Å². The number of aryl methyl sites for hydroxylation is 1. The number of carbonyl (C=O) groups is 1. The Morgan fingerprint density at radius 2 is 1.92 bits per heavy atom. The predicted octanol–water partition coefficient (Wildman–Crippen LogP) is 3.87. The van der Waals surface area contributed by atoms with Crippen molar-refractivity contribution in [3.63, 3.8) is 0 Å². The SMILES string of the molecule is Cc1cc2nc(CSc3ccc(NC(=O)C(C)(C)C)cc3)cc(=O)n2o1. The lowest BCUT2D eigenvalue weighted by molar-refractivity contribution is -0.123. The van der Waals surface area contributed by atoms with Crippen LogP contribution in [0.25, 0.3) is 5.65 Å². The van der Waals surface area contributed by atoms with Gasteiger partial charge in [-0.15, -0.1) is 16.3 Å². The predicted molar refractivity (Wildman–Crippen MR) is 103 cm³/mol. The second-order valence-corrected chi connectivity index (χ2v) is 8.15. The molecule has 0 aliphatic carbocycles. The molecular weight excluding hydrogens is 350 g/mol. The second-order valence-electron chi connectivity index (χ2n) is 7.10. The summed E-state index contributed by atoms with van der Waals surface area (Å²) in [5.74, 6) is 1.20. The third kappa shape index (κ3) is 4.16. The highest BCUT2D eigenvalue weighted by Gasteiger charge is 2.21. The van der Waals surface area contributed by atoms with Crippen LogP contribution in [0.1, 0.15) is 32.2 Å². The van der Waals surface area contributed by atoms with Gasteiger partial charge in [-0.05, 0) is 31.2 Å². The Kier molecular flexibility index (Phi) is 4.91. The molecule has 1 aromatic carbocycles. The minimum atomic E-state index is -0.433. The summed E-state index contributed by atoms with van der Waals surface area (Å²) in [6, 6.07) is 10.9. The van der Waals surface area contributed by atoms with Gasteiger partial charge in [-0.3, -0.25) is 9.59 Å². The van der Waals surface area contributed by atoms with Gasteiger partial charge >= 0.3 is 0 Å². The van der Waals surface area contributed by atoms with E-state index in [0.717, 1.165) is 10.6 Å². The summed E-state index contributed by atoms with van der Waals surface area (Å²) in [5, 5.41) is 2.90. The van der Waals surface area contributed by atoms with Crippen molar-refractivity contribution >= 4 is 29.0 Å². The van der Waals surface area contributed by atoms with E-state index in [2.05, 4.69) is 10.3 Å². The fraction of sp³-hybridized carbons (Fsp3) is 0.316. The quantitative estimate of drug-likeness (QED) is 0.705. The highest BCUT2D eigenvalue weighted by Crippen LogP contribution is 2.24. The molecule has 0 unspecified atom stereocenters. The van der Waals surface area contributed by atoms with Crippen LogP contribution >= 0.6 is 11.8 Å². The maximum Gasteiger partial charge on any atom is 0.287 e. The van der Waals surface area contributed by atoms with E-state index in [1.165, 1.54) is 10.6 Å². The van der Waals surface area contributed by atoms with Crippen molar-refractivity contribution < 1.29 is 9.32 Å². The van der Waals surface area contributed by atoms with E-state index in [1.54, 1.807) is 24.8 Å². The summed E-state index contributed by atoms with van der Waals surface area (Å²) in [6.07, 6.45) is 0. The summed E-state index contributed by atoms with van der Waals surface area (Å²) < 4.78 is 6.48. The Hall–Kier alpha value is -2.54. The van der Waals surface area contributed by atoms with Gasteiger partial charge < -0.3 is 9.84 Å². The normalized spacial score (nSPS) is 11.7. The highest BCUT2D eigenvalue weighted by atomic mass is 32.2. The lowest BCUT2D eigenvalue weighted by Gasteiger charge is -2.17. The first-order chi connectivity index (χ1) is 12.2. The van der Waals surface area contributed by atoms with Gasteiger partial charge in [0.05, 0.1) is 5.69 Å². The van der Waals surface area contributed by atoms with E-state index in [1.807, 2.05) is 45.0 Å². The van der Waals surface area contributed by atoms with Crippen molar-refractivity contribution in [3.05, 3.63) is 58.2 Å². The molecule has 0 atom stereocenters. The van der Waals surface area contributed by atoms with Gasteiger partial charge in [0.25, 0.3) is 5.56 Å².